The first-order chi connectivity index (χ1) is 10.5. The Morgan fingerprint density at radius 1 is 1.17 bits per heavy atom. The van der Waals surface area contributed by atoms with Gasteiger partial charge < -0.3 is 15.4 Å². The summed E-state index contributed by atoms with van der Waals surface area (Å²) in [5.74, 6) is 0.583. The molecule has 0 saturated carbocycles. The summed E-state index contributed by atoms with van der Waals surface area (Å²) in [4.78, 5) is 13.7. The van der Waals surface area contributed by atoms with E-state index in [0.29, 0.717) is 44.9 Å². The zero-order chi connectivity index (χ0) is 16.2. The van der Waals surface area contributed by atoms with Crippen LogP contribution in [-0.2, 0) is 14.8 Å². The van der Waals surface area contributed by atoms with E-state index in [2.05, 4.69) is 0 Å². The van der Waals surface area contributed by atoms with Gasteiger partial charge in [-0.05, 0) is 24.3 Å². The van der Waals surface area contributed by atoms with Crippen molar-refractivity contribution in [2.75, 3.05) is 39.8 Å². The maximum Gasteiger partial charge on any atom is 0.243 e. The first-order valence-corrected chi connectivity index (χ1v) is 8.55. The van der Waals surface area contributed by atoms with Gasteiger partial charge in [-0.2, -0.15) is 4.31 Å². The van der Waals surface area contributed by atoms with E-state index in [1.165, 1.54) is 23.5 Å². The van der Waals surface area contributed by atoms with E-state index in [4.69, 9.17) is 10.5 Å². The van der Waals surface area contributed by atoms with Crippen LogP contribution < -0.4 is 10.5 Å². The third-order valence-corrected chi connectivity index (χ3v) is 5.56. The van der Waals surface area contributed by atoms with Gasteiger partial charge in [-0.3, -0.25) is 4.79 Å². The predicted octanol–water partition coefficient (Wildman–Crippen LogP) is 0.299. The van der Waals surface area contributed by atoms with Crippen LogP contribution in [0.1, 0.15) is 6.42 Å². The second kappa shape index (κ2) is 8.49. The molecule has 1 heterocycles. The Morgan fingerprint density at radius 3 is 2.22 bits per heavy atom. The highest BCUT2D eigenvalue weighted by atomic mass is 35.5. The molecule has 23 heavy (non-hydrogen) atoms. The molecule has 1 amide bonds. The molecule has 0 aromatic heterocycles. The van der Waals surface area contributed by atoms with Crippen molar-refractivity contribution >= 4 is 28.3 Å². The van der Waals surface area contributed by atoms with Crippen LogP contribution in [-0.4, -0.2) is 63.4 Å². The van der Waals surface area contributed by atoms with Crippen molar-refractivity contribution in [3.63, 3.8) is 0 Å². The second-order valence-electron chi connectivity index (χ2n) is 5.00. The number of piperazine rings is 1. The highest BCUT2D eigenvalue weighted by Gasteiger charge is 2.29. The smallest absolute Gasteiger partial charge is 0.243 e. The maximum atomic E-state index is 12.6. The Balaban J connectivity index is 0.00000264. The molecular formula is C14H22ClN3O4S. The molecule has 130 valence electrons. The molecule has 7 nitrogen and oxygen atoms in total. The van der Waals surface area contributed by atoms with Gasteiger partial charge in [-0.25, -0.2) is 8.42 Å². The Kier molecular flexibility index (Phi) is 7.27. The molecule has 0 unspecified atom stereocenters. The summed E-state index contributed by atoms with van der Waals surface area (Å²) in [5, 5.41) is 0. The predicted molar refractivity (Wildman–Crippen MR) is 89.3 cm³/mol. The lowest BCUT2D eigenvalue weighted by Crippen LogP contribution is -2.50. The lowest BCUT2D eigenvalue weighted by Gasteiger charge is -2.34. The van der Waals surface area contributed by atoms with Gasteiger partial charge in [0.2, 0.25) is 15.9 Å². The van der Waals surface area contributed by atoms with Crippen LogP contribution in [0.25, 0.3) is 0 Å². The van der Waals surface area contributed by atoms with Crippen LogP contribution in [0.3, 0.4) is 0 Å². The molecule has 0 atom stereocenters. The number of hydrogen-bond donors (Lipinski definition) is 1. The van der Waals surface area contributed by atoms with E-state index < -0.39 is 10.0 Å². The molecule has 1 aromatic carbocycles. The van der Waals surface area contributed by atoms with E-state index in [9.17, 15) is 13.2 Å². The number of rotatable bonds is 5. The number of methoxy groups -OCH3 is 1. The Morgan fingerprint density at radius 2 is 1.74 bits per heavy atom. The molecule has 0 radical (unpaired) electrons. The highest BCUT2D eigenvalue weighted by Crippen LogP contribution is 2.20. The highest BCUT2D eigenvalue weighted by molar-refractivity contribution is 7.89. The van der Waals surface area contributed by atoms with Crippen molar-refractivity contribution in [3.8, 4) is 5.75 Å². The third kappa shape index (κ3) is 4.57. The van der Waals surface area contributed by atoms with Crippen LogP contribution in [0.4, 0.5) is 0 Å². The quantitative estimate of drug-likeness (QED) is 0.812. The summed E-state index contributed by atoms with van der Waals surface area (Å²) in [6.45, 7) is 1.70. The minimum atomic E-state index is -3.53. The summed E-state index contributed by atoms with van der Waals surface area (Å²) >= 11 is 0. The van der Waals surface area contributed by atoms with E-state index in [1.807, 2.05) is 0 Å². The van der Waals surface area contributed by atoms with Gasteiger partial charge in [0.05, 0.1) is 12.0 Å². The summed E-state index contributed by atoms with van der Waals surface area (Å²) in [6, 6.07) is 6.29. The summed E-state index contributed by atoms with van der Waals surface area (Å²) in [6.07, 6.45) is 0.297. The fourth-order valence-electron chi connectivity index (χ4n) is 2.36. The molecule has 0 spiro atoms. The maximum absolute atomic E-state index is 12.6. The van der Waals surface area contributed by atoms with Crippen molar-refractivity contribution in [3.05, 3.63) is 24.3 Å². The van der Waals surface area contributed by atoms with Gasteiger partial charge in [0.15, 0.2) is 0 Å². The molecule has 0 bridgehead atoms. The van der Waals surface area contributed by atoms with E-state index in [1.54, 1.807) is 17.0 Å². The van der Waals surface area contributed by atoms with Gasteiger partial charge in [-0.1, -0.05) is 0 Å². The number of carbonyl (C=O) groups excluding carboxylic acids is 1. The lowest BCUT2D eigenvalue weighted by atomic mass is 10.3. The first-order valence-electron chi connectivity index (χ1n) is 7.11. The molecule has 1 aliphatic heterocycles. The largest absolute Gasteiger partial charge is 0.497 e. The number of benzene rings is 1. The second-order valence-corrected chi connectivity index (χ2v) is 6.94. The number of ether oxygens (including phenoxy) is 1. The summed E-state index contributed by atoms with van der Waals surface area (Å²) in [7, 11) is -2.00. The van der Waals surface area contributed by atoms with Crippen LogP contribution in [0.5, 0.6) is 5.75 Å². The fraction of sp³-hybridized carbons (Fsp3) is 0.500. The average molecular weight is 364 g/mol. The lowest BCUT2D eigenvalue weighted by molar-refractivity contribution is -0.132. The normalized spacial score (nSPS) is 15.8. The molecule has 1 aromatic rings. The molecule has 1 aliphatic rings. The third-order valence-electron chi connectivity index (χ3n) is 3.65. The monoisotopic (exact) mass is 363 g/mol. The number of carbonyl (C=O) groups is 1. The first kappa shape index (κ1) is 19.7. The molecule has 9 heteroatoms. The van der Waals surface area contributed by atoms with Crippen molar-refractivity contribution < 1.29 is 17.9 Å². The molecular weight excluding hydrogens is 342 g/mol. The van der Waals surface area contributed by atoms with Crippen LogP contribution in [0, 0.1) is 0 Å². The van der Waals surface area contributed by atoms with Gasteiger partial charge in [0, 0.05) is 39.1 Å². The molecule has 2 N–H and O–H groups in total. The van der Waals surface area contributed by atoms with Gasteiger partial charge in [0.1, 0.15) is 5.75 Å². The molecule has 2 rings (SSSR count). The minimum absolute atomic E-state index is 0. The minimum Gasteiger partial charge on any atom is -0.497 e. The number of sulfonamides is 1. The number of nitrogens with two attached hydrogens (primary N) is 1. The van der Waals surface area contributed by atoms with Crippen molar-refractivity contribution in [1.82, 2.24) is 9.21 Å². The number of amides is 1. The Hall–Kier alpha value is -1.35. The van der Waals surface area contributed by atoms with Crippen LogP contribution >= 0.6 is 12.4 Å². The van der Waals surface area contributed by atoms with Crippen molar-refractivity contribution in [2.45, 2.75) is 11.3 Å². The van der Waals surface area contributed by atoms with Gasteiger partial charge in [0.25, 0.3) is 0 Å². The molecule has 1 fully saturated rings. The topological polar surface area (TPSA) is 92.9 Å². The van der Waals surface area contributed by atoms with E-state index >= 15 is 0 Å². The number of halogens is 1. The zero-order valence-corrected chi connectivity index (χ0v) is 14.6. The Bertz CT molecular complexity index is 613. The van der Waals surface area contributed by atoms with E-state index in [0.717, 1.165) is 0 Å². The fourth-order valence-corrected chi connectivity index (χ4v) is 3.78. The standard InChI is InChI=1S/C14H21N3O4S.ClH/c1-21-12-2-4-13(5-3-12)22(19,20)17-10-8-16(9-11-17)14(18)6-7-15;/h2-5H,6-11,15H2,1H3;1H. The van der Waals surface area contributed by atoms with Crippen LogP contribution in [0.15, 0.2) is 29.2 Å². The van der Waals surface area contributed by atoms with Crippen molar-refractivity contribution in [2.24, 2.45) is 5.73 Å². The average Bonchev–Trinajstić information content (AvgIpc) is 2.55. The van der Waals surface area contributed by atoms with Crippen molar-refractivity contribution in [1.29, 1.82) is 0 Å². The Labute approximate surface area is 142 Å². The number of nitrogens with zero attached hydrogens (tertiary/aromatic N) is 2. The zero-order valence-electron chi connectivity index (χ0n) is 13.0. The molecule has 1 saturated heterocycles. The molecule has 0 aliphatic carbocycles. The summed E-state index contributed by atoms with van der Waals surface area (Å²) < 4.78 is 31.5. The summed E-state index contributed by atoms with van der Waals surface area (Å²) in [5.41, 5.74) is 5.37. The number of hydrogen-bond acceptors (Lipinski definition) is 5. The van der Waals surface area contributed by atoms with Gasteiger partial charge in [-0.15, -0.1) is 12.4 Å². The van der Waals surface area contributed by atoms with Crippen LogP contribution in [0.2, 0.25) is 0 Å². The van der Waals surface area contributed by atoms with E-state index in [-0.39, 0.29) is 23.2 Å². The SMILES string of the molecule is COc1ccc(S(=O)(=O)N2CCN(C(=O)CCN)CC2)cc1.Cl. The van der Waals surface area contributed by atoms with Gasteiger partial charge >= 0.3 is 0 Å².